The molecule has 0 saturated heterocycles. The lowest BCUT2D eigenvalue weighted by Crippen LogP contribution is -2.15. The molecule has 0 aromatic heterocycles. The Morgan fingerprint density at radius 2 is 2.00 bits per heavy atom. The number of aliphatic hydroxyl groups excluding tert-OH is 1. The molecular weight excluding hydrogens is 136 g/mol. The standard InChI is InChI=1S/C10H18O/c1-6(2)10-4-8(10)7(3)9(11)5-10/h6-9,11H,4-5H2,1-3H3/t7-,8+,9?,10-/m0/s1. The monoisotopic (exact) mass is 154 g/mol. The Hall–Kier alpha value is -0.0400. The largest absolute Gasteiger partial charge is 0.393 e. The third-order valence-electron chi connectivity index (χ3n) is 4.16. The van der Waals surface area contributed by atoms with E-state index in [0.29, 0.717) is 11.3 Å². The number of hydrogen-bond donors (Lipinski definition) is 1. The summed E-state index contributed by atoms with van der Waals surface area (Å²) in [5.74, 6) is 2.18. The third kappa shape index (κ3) is 0.807. The molecule has 2 aliphatic rings. The summed E-state index contributed by atoms with van der Waals surface area (Å²) in [5, 5.41) is 9.61. The summed E-state index contributed by atoms with van der Waals surface area (Å²) >= 11 is 0. The molecule has 2 rings (SSSR count). The van der Waals surface area contributed by atoms with Crippen molar-refractivity contribution in [1.82, 2.24) is 0 Å². The maximum atomic E-state index is 9.61. The van der Waals surface area contributed by atoms with E-state index >= 15 is 0 Å². The van der Waals surface area contributed by atoms with E-state index in [2.05, 4.69) is 20.8 Å². The molecule has 1 nitrogen and oxygen atoms in total. The van der Waals surface area contributed by atoms with Gasteiger partial charge in [-0.3, -0.25) is 0 Å². The summed E-state index contributed by atoms with van der Waals surface area (Å²) < 4.78 is 0. The van der Waals surface area contributed by atoms with Gasteiger partial charge in [0, 0.05) is 0 Å². The first-order chi connectivity index (χ1) is 5.08. The van der Waals surface area contributed by atoms with Gasteiger partial charge in [-0.05, 0) is 36.0 Å². The summed E-state index contributed by atoms with van der Waals surface area (Å²) in [6.07, 6.45) is 2.44. The molecule has 2 fully saturated rings. The lowest BCUT2D eigenvalue weighted by atomic mass is 9.89. The van der Waals surface area contributed by atoms with Gasteiger partial charge in [0.25, 0.3) is 0 Å². The minimum absolute atomic E-state index is 0.00356. The molecule has 11 heavy (non-hydrogen) atoms. The maximum absolute atomic E-state index is 9.61. The highest BCUT2D eigenvalue weighted by Crippen LogP contribution is 2.69. The van der Waals surface area contributed by atoms with E-state index in [9.17, 15) is 5.11 Å². The molecule has 0 aliphatic heterocycles. The van der Waals surface area contributed by atoms with Crippen LogP contribution < -0.4 is 0 Å². The van der Waals surface area contributed by atoms with Gasteiger partial charge in [-0.25, -0.2) is 0 Å². The van der Waals surface area contributed by atoms with Crippen LogP contribution in [0.2, 0.25) is 0 Å². The van der Waals surface area contributed by atoms with Crippen LogP contribution in [-0.2, 0) is 0 Å². The number of fused-ring (bicyclic) bond motifs is 1. The van der Waals surface area contributed by atoms with Crippen molar-refractivity contribution in [1.29, 1.82) is 0 Å². The van der Waals surface area contributed by atoms with Crippen LogP contribution in [0.15, 0.2) is 0 Å². The van der Waals surface area contributed by atoms with Crippen molar-refractivity contribution in [3.63, 3.8) is 0 Å². The number of rotatable bonds is 1. The van der Waals surface area contributed by atoms with Gasteiger partial charge in [0.15, 0.2) is 0 Å². The molecule has 0 heterocycles. The summed E-state index contributed by atoms with van der Waals surface area (Å²) in [6, 6.07) is 0. The Labute approximate surface area is 68.8 Å². The second kappa shape index (κ2) is 2.01. The fourth-order valence-electron chi connectivity index (χ4n) is 3.04. The Balaban J connectivity index is 2.13. The van der Waals surface area contributed by atoms with Crippen LogP contribution >= 0.6 is 0 Å². The first kappa shape index (κ1) is 7.60. The average molecular weight is 154 g/mol. The lowest BCUT2D eigenvalue weighted by molar-refractivity contribution is 0.113. The van der Waals surface area contributed by atoms with Gasteiger partial charge in [0.2, 0.25) is 0 Å². The van der Waals surface area contributed by atoms with Crippen LogP contribution in [-0.4, -0.2) is 11.2 Å². The van der Waals surface area contributed by atoms with Gasteiger partial charge in [0.1, 0.15) is 0 Å². The number of hydrogen-bond acceptors (Lipinski definition) is 1. The van der Waals surface area contributed by atoms with Gasteiger partial charge >= 0.3 is 0 Å². The van der Waals surface area contributed by atoms with Crippen LogP contribution in [0, 0.1) is 23.2 Å². The van der Waals surface area contributed by atoms with Gasteiger partial charge in [-0.2, -0.15) is 0 Å². The first-order valence-corrected chi connectivity index (χ1v) is 4.76. The molecule has 0 aromatic rings. The predicted octanol–water partition coefficient (Wildman–Crippen LogP) is 2.05. The van der Waals surface area contributed by atoms with Crippen LogP contribution in [0.25, 0.3) is 0 Å². The molecular formula is C10H18O. The van der Waals surface area contributed by atoms with E-state index in [-0.39, 0.29) is 6.10 Å². The van der Waals surface area contributed by atoms with Gasteiger partial charge in [-0.1, -0.05) is 20.8 Å². The van der Waals surface area contributed by atoms with Crippen LogP contribution in [0.1, 0.15) is 33.6 Å². The summed E-state index contributed by atoms with van der Waals surface area (Å²) in [6.45, 7) is 6.79. The van der Waals surface area contributed by atoms with Crippen molar-refractivity contribution in [2.45, 2.75) is 39.7 Å². The predicted molar refractivity (Wildman–Crippen MR) is 45.2 cm³/mol. The minimum atomic E-state index is -0.00356. The van der Waals surface area contributed by atoms with Crippen molar-refractivity contribution < 1.29 is 5.11 Å². The quantitative estimate of drug-likeness (QED) is 0.613. The topological polar surface area (TPSA) is 20.2 Å². The molecule has 0 amide bonds. The summed E-state index contributed by atoms with van der Waals surface area (Å²) in [7, 11) is 0. The van der Waals surface area contributed by atoms with E-state index in [4.69, 9.17) is 0 Å². The van der Waals surface area contributed by atoms with E-state index in [0.717, 1.165) is 18.3 Å². The molecule has 0 bridgehead atoms. The second-order valence-electron chi connectivity index (χ2n) is 4.83. The molecule has 0 spiro atoms. The average Bonchev–Trinajstić information content (AvgIpc) is 2.57. The Kier molecular flexibility index (Phi) is 1.39. The molecule has 1 N–H and O–H groups in total. The van der Waals surface area contributed by atoms with Crippen molar-refractivity contribution in [3.8, 4) is 0 Å². The summed E-state index contributed by atoms with van der Waals surface area (Å²) in [5.41, 5.74) is 0.554. The van der Waals surface area contributed by atoms with E-state index in [1.165, 1.54) is 6.42 Å². The second-order valence-corrected chi connectivity index (χ2v) is 4.83. The molecule has 64 valence electrons. The molecule has 0 aromatic carbocycles. The van der Waals surface area contributed by atoms with Gasteiger partial charge in [0.05, 0.1) is 6.10 Å². The fourth-order valence-corrected chi connectivity index (χ4v) is 3.04. The summed E-state index contributed by atoms with van der Waals surface area (Å²) in [4.78, 5) is 0. The smallest absolute Gasteiger partial charge is 0.0574 e. The molecule has 1 unspecified atom stereocenters. The first-order valence-electron chi connectivity index (χ1n) is 4.76. The fraction of sp³-hybridized carbons (Fsp3) is 1.00. The van der Waals surface area contributed by atoms with Gasteiger partial charge in [-0.15, -0.1) is 0 Å². The van der Waals surface area contributed by atoms with Crippen LogP contribution in [0.4, 0.5) is 0 Å². The molecule has 2 aliphatic carbocycles. The highest BCUT2D eigenvalue weighted by Gasteiger charge is 2.64. The number of aliphatic hydroxyl groups is 1. The SMILES string of the molecule is CC(C)[C@]12CC(O)[C@@H](C)[C@H]1C2. The Morgan fingerprint density at radius 1 is 1.36 bits per heavy atom. The molecule has 4 atom stereocenters. The van der Waals surface area contributed by atoms with Gasteiger partial charge < -0.3 is 5.11 Å². The zero-order chi connectivity index (χ0) is 8.22. The maximum Gasteiger partial charge on any atom is 0.0574 e. The lowest BCUT2D eigenvalue weighted by Gasteiger charge is -2.17. The normalized spacial score (nSPS) is 54.8. The van der Waals surface area contributed by atoms with Crippen LogP contribution in [0.3, 0.4) is 0 Å². The molecule has 0 radical (unpaired) electrons. The van der Waals surface area contributed by atoms with Crippen molar-refractivity contribution in [2.75, 3.05) is 0 Å². The molecule has 1 heteroatoms. The van der Waals surface area contributed by atoms with Crippen LogP contribution in [0.5, 0.6) is 0 Å². The van der Waals surface area contributed by atoms with E-state index < -0.39 is 0 Å². The third-order valence-corrected chi connectivity index (χ3v) is 4.16. The highest BCUT2D eigenvalue weighted by atomic mass is 16.3. The Morgan fingerprint density at radius 3 is 2.27 bits per heavy atom. The zero-order valence-electron chi connectivity index (χ0n) is 7.67. The molecule has 2 saturated carbocycles. The minimum Gasteiger partial charge on any atom is -0.393 e. The van der Waals surface area contributed by atoms with Crippen molar-refractivity contribution >= 4 is 0 Å². The highest BCUT2D eigenvalue weighted by molar-refractivity contribution is 5.13. The van der Waals surface area contributed by atoms with Crippen molar-refractivity contribution in [2.24, 2.45) is 23.2 Å². The van der Waals surface area contributed by atoms with E-state index in [1.54, 1.807) is 0 Å². The zero-order valence-corrected chi connectivity index (χ0v) is 7.67. The van der Waals surface area contributed by atoms with Crippen molar-refractivity contribution in [3.05, 3.63) is 0 Å². The Bertz CT molecular complexity index is 176. The van der Waals surface area contributed by atoms with E-state index in [1.807, 2.05) is 0 Å².